The molecule has 0 saturated carbocycles. The van der Waals surface area contributed by atoms with Crippen LogP contribution in [0.1, 0.15) is 10.4 Å². The van der Waals surface area contributed by atoms with E-state index in [1.165, 1.54) is 42.7 Å². The molecule has 0 aliphatic carbocycles. The topological polar surface area (TPSA) is 111 Å². The summed E-state index contributed by atoms with van der Waals surface area (Å²) in [5, 5.41) is 27.5. The Bertz CT molecular complexity index is 669. The molecule has 7 nitrogen and oxygen atoms in total. The summed E-state index contributed by atoms with van der Waals surface area (Å²) >= 11 is 0. The number of benzene rings is 1. The van der Waals surface area contributed by atoms with Gasteiger partial charge in [-0.15, -0.1) is 0 Å². The molecule has 21 heavy (non-hydrogen) atoms. The van der Waals surface area contributed by atoms with Crippen molar-refractivity contribution in [2.45, 2.75) is 0 Å². The van der Waals surface area contributed by atoms with Gasteiger partial charge in [0.2, 0.25) is 0 Å². The summed E-state index contributed by atoms with van der Waals surface area (Å²) in [4.78, 5) is 28.0. The lowest BCUT2D eigenvalue weighted by molar-refractivity contribution is -0.135. The predicted molar refractivity (Wildman–Crippen MR) is 73.3 cm³/mol. The van der Waals surface area contributed by atoms with E-state index in [1.54, 1.807) is 0 Å². The lowest BCUT2D eigenvalue weighted by Crippen LogP contribution is -2.35. The molecule has 0 aliphatic rings. The third kappa shape index (κ3) is 3.47. The minimum Gasteiger partial charge on any atom is -0.508 e. The van der Waals surface area contributed by atoms with Gasteiger partial charge in [0.15, 0.2) is 0 Å². The number of carboxylic acids is 1. The standard InChI is InChI=1S/C14H12N2O5/c17-11-3-1-10(2-4-11)16(8-13(19)20)14(21)9-5-12(18)7-15-6-9/h1-7,17-18H,8H2,(H,19,20). The highest BCUT2D eigenvalue weighted by atomic mass is 16.4. The van der Waals surface area contributed by atoms with E-state index in [9.17, 15) is 19.8 Å². The van der Waals surface area contributed by atoms with Gasteiger partial charge in [-0.1, -0.05) is 0 Å². The van der Waals surface area contributed by atoms with Crippen molar-refractivity contribution in [1.82, 2.24) is 4.98 Å². The number of carbonyl (C=O) groups is 2. The second kappa shape index (κ2) is 5.91. The first kappa shape index (κ1) is 14.3. The van der Waals surface area contributed by atoms with Gasteiger partial charge in [-0.05, 0) is 30.3 Å². The van der Waals surface area contributed by atoms with Crippen molar-refractivity contribution in [2.75, 3.05) is 11.4 Å². The number of hydrogen-bond acceptors (Lipinski definition) is 5. The van der Waals surface area contributed by atoms with Gasteiger partial charge >= 0.3 is 5.97 Å². The van der Waals surface area contributed by atoms with Gasteiger partial charge in [-0.2, -0.15) is 0 Å². The van der Waals surface area contributed by atoms with Gasteiger partial charge < -0.3 is 15.3 Å². The Kier molecular flexibility index (Phi) is 4.03. The first-order chi connectivity index (χ1) is 9.97. The molecule has 2 aromatic rings. The van der Waals surface area contributed by atoms with Crippen molar-refractivity contribution < 1.29 is 24.9 Å². The number of aliphatic carboxylic acids is 1. The number of carbonyl (C=O) groups excluding carboxylic acids is 1. The van der Waals surface area contributed by atoms with Crippen molar-refractivity contribution in [3.63, 3.8) is 0 Å². The van der Waals surface area contributed by atoms with Crippen LogP contribution in [0.3, 0.4) is 0 Å². The van der Waals surface area contributed by atoms with Crippen LogP contribution in [0.15, 0.2) is 42.7 Å². The van der Waals surface area contributed by atoms with Gasteiger partial charge in [0.25, 0.3) is 5.91 Å². The lowest BCUT2D eigenvalue weighted by Gasteiger charge is -2.20. The molecule has 1 aromatic heterocycles. The summed E-state index contributed by atoms with van der Waals surface area (Å²) in [5.41, 5.74) is 0.368. The van der Waals surface area contributed by atoms with Crippen LogP contribution in [0, 0.1) is 0 Å². The van der Waals surface area contributed by atoms with Gasteiger partial charge in [0.05, 0.1) is 11.8 Å². The Labute approximate surface area is 119 Å². The average molecular weight is 288 g/mol. The molecule has 0 unspecified atom stereocenters. The maximum absolute atomic E-state index is 12.4. The lowest BCUT2D eigenvalue weighted by atomic mass is 10.2. The smallest absolute Gasteiger partial charge is 0.323 e. The fraction of sp³-hybridized carbons (Fsp3) is 0.0714. The summed E-state index contributed by atoms with van der Waals surface area (Å²) < 4.78 is 0. The van der Waals surface area contributed by atoms with E-state index in [1.807, 2.05) is 0 Å². The highest BCUT2D eigenvalue weighted by molar-refractivity contribution is 6.08. The molecule has 1 aromatic carbocycles. The summed E-state index contributed by atoms with van der Waals surface area (Å²) in [7, 11) is 0. The van der Waals surface area contributed by atoms with Crippen LogP contribution in [-0.2, 0) is 4.79 Å². The maximum atomic E-state index is 12.4. The Hall–Kier alpha value is -3.09. The fourth-order valence-electron chi connectivity index (χ4n) is 1.75. The number of aromatic hydroxyl groups is 2. The van der Waals surface area contributed by atoms with Crippen molar-refractivity contribution >= 4 is 17.6 Å². The summed E-state index contributed by atoms with van der Waals surface area (Å²) in [6.45, 7) is -0.556. The number of anilines is 1. The minimum atomic E-state index is -1.19. The fourth-order valence-corrected chi connectivity index (χ4v) is 1.75. The average Bonchev–Trinajstić information content (AvgIpc) is 2.45. The van der Waals surface area contributed by atoms with E-state index in [0.29, 0.717) is 5.69 Å². The first-order valence-electron chi connectivity index (χ1n) is 5.94. The second-order valence-corrected chi connectivity index (χ2v) is 4.23. The van der Waals surface area contributed by atoms with Crippen molar-refractivity contribution in [3.8, 4) is 11.5 Å². The highest BCUT2D eigenvalue weighted by Crippen LogP contribution is 2.21. The number of aromatic nitrogens is 1. The van der Waals surface area contributed by atoms with Crippen molar-refractivity contribution in [3.05, 3.63) is 48.3 Å². The predicted octanol–water partition coefficient (Wildman–Crippen LogP) is 1.22. The summed E-state index contributed by atoms with van der Waals surface area (Å²) in [5.74, 6) is -2.00. The number of amides is 1. The van der Waals surface area contributed by atoms with Crippen LogP contribution in [0.5, 0.6) is 11.5 Å². The van der Waals surface area contributed by atoms with E-state index in [0.717, 1.165) is 4.90 Å². The largest absolute Gasteiger partial charge is 0.508 e. The maximum Gasteiger partial charge on any atom is 0.323 e. The van der Waals surface area contributed by atoms with Gasteiger partial charge in [0, 0.05) is 11.9 Å². The van der Waals surface area contributed by atoms with Crippen LogP contribution in [0.25, 0.3) is 0 Å². The van der Waals surface area contributed by atoms with Crippen LogP contribution < -0.4 is 4.90 Å². The Balaban J connectivity index is 2.38. The monoisotopic (exact) mass is 288 g/mol. The molecular formula is C14H12N2O5. The first-order valence-corrected chi connectivity index (χ1v) is 5.94. The van der Waals surface area contributed by atoms with Crippen molar-refractivity contribution in [2.24, 2.45) is 0 Å². The Morgan fingerprint density at radius 2 is 1.71 bits per heavy atom. The van der Waals surface area contributed by atoms with Crippen LogP contribution in [0.4, 0.5) is 5.69 Å². The van der Waals surface area contributed by atoms with Crippen LogP contribution >= 0.6 is 0 Å². The molecule has 0 fully saturated rings. The second-order valence-electron chi connectivity index (χ2n) is 4.23. The zero-order chi connectivity index (χ0) is 15.4. The van der Waals surface area contributed by atoms with Gasteiger partial charge in [0.1, 0.15) is 18.0 Å². The van der Waals surface area contributed by atoms with E-state index in [-0.39, 0.29) is 17.1 Å². The number of hydrogen-bond donors (Lipinski definition) is 3. The molecule has 7 heteroatoms. The summed E-state index contributed by atoms with van der Waals surface area (Å²) in [6.07, 6.45) is 2.40. The van der Waals surface area contributed by atoms with E-state index >= 15 is 0 Å². The van der Waals surface area contributed by atoms with E-state index in [4.69, 9.17) is 5.11 Å². The number of phenolic OH excluding ortho intramolecular Hbond substituents is 1. The van der Waals surface area contributed by atoms with Crippen LogP contribution in [0.2, 0.25) is 0 Å². The zero-order valence-electron chi connectivity index (χ0n) is 10.8. The van der Waals surface area contributed by atoms with Crippen molar-refractivity contribution in [1.29, 1.82) is 0 Å². The Morgan fingerprint density at radius 3 is 2.29 bits per heavy atom. The van der Waals surface area contributed by atoms with Crippen LogP contribution in [-0.4, -0.2) is 38.7 Å². The SMILES string of the molecule is O=C(O)CN(C(=O)c1cncc(O)c1)c1ccc(O)cc1. The number of nitrogens with zero attached hydrogens (tertiary/aromatic N) is 2. The normalized spacial score (nSPS) is 10.1. The molecule has 2 rings (SSSR count). The quantitative estimate of drug-likeness (QED) is 0.780. The molecule has 3 N–H and O–H groups in total. The van der Waals surface area contributed by atoms with E-state index in [2.05, 4.69) is 4.98 Å². The molecule has 0 aliphatic heterocycles. The molecule has 0 atom stereocenters. The molecule has 1 heterocycles. The minimum absolute atomic E-state index is 0.000459. The Morgan fingerprint density at radius 1 is 1.05 bits per heavy atom. The molecule has 0 spiro atoms. The molecule has 0 bridgehead atoms. The summed E-state index contributed by atoms with van der Waals surface area (Å²) in [6, 6.07) is 6.74. The zero-order valence-corrected chi connectivity index (χ0v) is 10.8. The van der Waals surface area contributed by atoms with Gasteiger partial charge in [-0.25, -0.2) is 0 Å². The molecule has 108 valence electrons. The molecule has 0 radical (unpaired) electrons. The third-order valence-electron chi connectivity index (χ3n) is 2.67. The number of pyridine rings is 1. The molecule has 0 saturated heterocycles. The number of phenols is 1. The third-order valence-corrected chi connectivity index (χ3v) is 2.67. The van der Waals surface area contributed by atoms with E-state index < -0.39 is 18.4 Å². The highest BCUT2D eigenvalue weighted by Gasteiger charge is 2.21. The number of carboxylic acid groups (broad SMARTS) is 1. The number of rotatable bonds is 4. The molecule has 1 amide bonds. The van der Waals surface area contributed by atoms with Gasteiger partial charge in [-0.3, -0.25) is 19.5 Å². The molecular weight excluding hydrogens is 276 g/mol.